The summed E-state index contributed by atoms with van der Waals surface area (Å²) in [4.78, 5) is 29.6. The molecular weight excluding hydrogens is 435 g/mol. The Labute approximate surface area is 190 Å². The summed E-state index contributed by atoms with van der Waals surface area (Å²) in [5.74, 6) is -2.26. The molecule has 2 aliphatic rings. The van der Waals surface area contributed by atoms with E-state index in [1.807, 2.05) is 0 Å². The van der Waals surface area contributed by atoms with Crippen molar-refractivity contribution in [2.75, 3.05) is 39.4 Å². The molecule has 6 nitrogen and oxygen atoms in total. The second kappa shape index (κ2) is 9.81. The monoisotopic (exact) mass is 458 g/mol. The Morgan fingerprint density at radius 1 is 1.09 bits per heavy atom. The first kappa shape index (κ1) is 22.5. The van der Waals surface area contributed by atoms with Crippen molar-refractivity contribution in [1.29, 1.82) is 0 Å². The minimum Gasteiger partial charge on any atom is -0.507 e. The van der Waals surface area contributed by atoms with Gasteiger partial charge in [0.15, 0.2) is 0 Å². The quantitative estimate of drug-likeness (QED) is 0.407. The highest BCUT2D eigenvalue weighted by atomic mass is 35.5. The zero-order valence-corrected chi connectivity index (χ0v) is 18.2. The lowest BCUT2D eigenvalue weighted by Crippen LogP contribution is -2.39. The van der Waals surface area contributed by atoms with E-state index in [1.165, 1.54) is 23.1 Å². The normalized spacial score (nSPS) is 21.3. The zero-order chi connectivity index (χ0) is 22.7. The van der Waals surface area contributed by atoms with Crippen LogP contribution in [0.4, 0.5) is 4.39 Å². The number of carbonyl (C=O) groups is 2. The number of aliphatic hydroxyl groups is 1. The molecule has 0 aromatic heterocycles. The fraction of sp³-hybridized carbons (Fsp3) is 0.333. The highest BCUT2D eigenvalue weighted by Gasteiger charge is 2.45. The minimum atomic E-state index is -0.869. The summed E-state index contributed by atoms with van der Waals surface area (Å²) in [7, 11) is 0. The SMILES string of the molecule is O=C1C(=O)N(CCCN2CCOCC2)C(c2cccc(F)c2)/C1=C(/O)c1ccc(Cl)cc1. The van der Waals surface area contributed by atoms with Crippen molar-refractivity contribution in [1.82, 2.24) is 9.80 Å². The maximum Gasteiger partial charge on any atom is 0.295 e. The van der Waals surface area contributed by atoms with Crippen LogP contribution in [0.2, 0.25) is 5.02 Å². The molecule has 4 rings (SSSR count). The minimum absolute atomic E-state index is 0.0469. The predicted molar refractivity (Wildman–Crippen MR) is 119 cm³/mol. The number of Topliss-reactive ketones (excluding diaryl/α,β-unsaturated/α-hetero) is 1. The van der Waals surface area contributed by atoms with Crippen LogP contribution in [0.1, 0.15) is 23.6 Å². The van der Waals surface area contributed by atoms with E-state index in [2.05, 4.69) is 4.90 Å². The van der Waals surface area contributed by atoms with Crippen molar-refractivity contribution in [2.45, 2.75) is 12.5 Å². The summed E-state index contributed by atoms with van der Waals surface area (Å²) < 4.78 is 19.4. The summed E-state index contributed by atoms with van der Waals surface area (Å²) in [5.41, 5.74) is 0.752. The van der Waals surface area contributed by atoms with Gasteiger partial charge in [-0.3, -0.25) is 14.5 Å². The Balaban J connectivity index is 1.67. The van der Waals surface area contributed by atoms with Gasteiger partial charge in [0.05, 0.1) is 24.8 Å². The second-order valence-electron chi connectivity index (χ2n) is 7.86. The third kappa shape index (κ3) is 4.70. The molecule has 1 atom stereocenters. The molecule has 0 spiro atoms. The Kier molecular flexibility index (Phi) is 6.89. The smallest absolute Gasteiger partial charge is 0.295 e. The number of rotatable bonds is 6. The number of ether oxygens (including phenoxy) is 1. The summed E-state index contributed by atoms with van der Waals surface area (Å²) in [6, 6.07) is 11.2. The standard InChI is InChI=1S/C24H24ClFN2O4/c25-18-7-5-16(6-8-18)22(29)20-21(17-3-1-4-19(26)15-17)28(24(31)23(20)30)10-2-9-27-11-13-32-14-12-27/h1,3-8,15,21,29H,2,9-14H2/b22-20-. The number of hydrogen-bond acceptors (Lipinski definition) is 5. The molecule has 0 saturated carbocycles. The summed E-state index contributed by atoms with van der Waals surface area (Å²) in [6.07, 6.45) is 0.639. The van der Waals surface area contributed by atoms with Gasteiger partial charge in [0, 0.05) is 36.8 Å². The first-order chi connectivity index (χ1) is 15.5. The maximum atomic E-state index is 14.0. The van der Waals surface area contributed by atoms with Crippen molar-refractivity contribution in [3.63, 3.8) is 0 Å². The van der Waals surface area contributed by atoms with Crippen LogP contribution >= 0.6 is 11.6 Å². The van der Waals surface area contributed by atoms with Gasteiger partial charge >= 0.3 is 0 Å². The van der Waals surface area contributed by atoms with Crippen LogP contribution in [-0.2, 0) is 14.3 Å². The van der Waals surface area contributed by atoms with Crippen LogP contribution in [0.15, 0.2) is 54.1 Å². The Morgan fingerprint density at radius 2 is 1.81 bits per heavy atom. The molecule has 2 heterocycles. The molecule has 1 N–H and O–H groups in total. The van der Waals surface area contributed by atoms with E-state index >= 15 is 0 Å². The zero-order valence-electron chi connectivity index (χ0n) is 17.5. The third-order valence-corrected chi connectivity index (χ3v) is 6.05. The molecule has 2 aliphatic heterocycles. The Hall–Kier alpha value is -2.74. The van der Waals surface area contributed by atoms with Crippen molar-refractivity contribution in [2.24, 2.45) is 0 Å². The highest BCUT2D eigenvalue weighted by Crippen LogP contribution is 2.39. The lowest BCUT2D eigenvalue weighted by atomic mass is 9.95. The summed E-state index contributed by atoms with van der Waals surface area (Å²) in [6.45, 7) is 4.05. The van der Waals surface area contributed by atoms with Crippen molar-refractivity contribution >= 4 is 29.1 Å². The van der Waals surface area contributed by atoms with Gasteiger partial charge in [-0.15, -0.1) is 0 Å². The molecule has 2 aromatic rings. The van der Waals surface area contributed by atoms with Crippen LogP contribution in [0.3, 0.4) is 0 Å². The molecule has 1 unspecified atom stereocenters. The van der Waals surface area contributed by atoms with Crippen LogP contribution in [0, 0.1) is 5.82 Å². The number of aliphatic hydroxyl groups excluding tert-OH is 1. The van der Waals surface area contributed by atoms with Crippen molar-refractivity contribution < 1.29 is 23.8 Å². The lowest BCUT2D eigenvalue weighted by molar-refractivity contribution is -0.140. The molecule has 2 saturated heterocycles. The average molecular weight is 459 g/mol. The molecule has 8 heteroatoms. The van der Waals surface area contributed by atoms with E-state index in [-0.39, 0.29) is 11.3 Å². The van der Waals surface area contributed by atoms with E-state index in [9.17, 15) is 19.1 Å². The van der Waals surface area contributed by atoms with E-state index in [1.54, 1.807) is 30.3 Å². The first-order valence-corrected chi connectivity index (χ1v) is 10.9. The number of amides is 1. The van der Waals surface area contributed by atoms with Crippen LogP contribution in [-0.4, -0.2) is 66.0 Å². The predicted octanol–water partition coefficient (Wildman–Crippen LogP) is 3.62. The molecular formula is C24H24ClFN2O4. The fourth-order valence-electron chi connectivity index (χ4n) is 4.19. The molecule has 0 aliphatic carbocycles. The highest BCUT2D eigenvalue weighted by molar-refractivity contribution is 6.46. The van der Waals surface area contributed by atoms with Gasteiger partial charge in [0.1, 0.15) is 11.6 Å². The largest absolute Gasteiger partial charge is 0.507 e. The van der Waals surface area contributed by atoms with Gasteiger partial charge in [0.25, 0.3) is 11.7 Å². The lowest BCUT2D eigenvalue weighted by Gasteiger charge is -2.29. The van der Waals surface area contributed by atoms with E-state index < -0.39 is 23.5 Å². The second-order valence-corrected chi connectivity index (χ2v) is 8.30. The van der Waals surface area contributed by atoms with E-state index in [0.717, 1.165) is 19.6 Å². The van der Waals surface area contributed by atoms with Gasteiger partial charge in [-0.1, -0.05) is 23.7 Å². The maximum absolute atomic E-state index is 14.0. The van der Waals surface area contributed by atoms with Gasteiger partial charge in [0.2, 0.25) is 0 Å². The number of benzene rings is 2. The van der Waals surface area contributed by atoms with Gasteiger partial charge in [-0.05, 0) is 48.4 Å². The molecule has 0 bridgehead atoms. The summed E-state index contributed by atoms with van der Waals surface area (Å²) >= 11 is 5.93. The Bertz CT molecular complexity index is 1030. The topological polar surface area (TPSA) is 70.1 Å². The van der Waals surface area contributed by atoms with E-state index in [0.29, 0.717) is 42.3 Å². The Morgan fingerprint density at radius 3 is 2.50 bits per heavy atom. The number of carbonyl (C=O) groups excluding carboxylic acids is 2. The number of likely N-dealkylation sites (tertiary alicyclic amines) is 1. The van der Waals surface area contributed by atoms with Crippen LogP contribution in [0.5, 0.6) is 0 Å². The molecule has 0 radical (unpaired) electrons. The first-order valence-electron chi connectivity index (χ1n) is 10.6. The molecule has 2 fully saturated rings. The van der Waals surface area contributed by atoms with Crippen molar-refractivity contribution in [3.8, 4) is 0 Å². The molecule has 2 aromatic carbocycles. The van der Waals surface area contributed by atoms with Gasteiger partial charge in [-0.25, -0.2) is 4.39 Å². The third-order valence-electron chi connectivity index (χ3n) is 5.80. The number of hydrogen-bond donors (Lipinski definition) is 1. The molecule has 32 heavy (non-hydrogen) atoms. The van der Waals surface area contributed by atoms with Gasteiger partial charge < -0.3 is 14.7 Å². The number of nitrogens with zero attached hydrogens (tertiary/aromatic N) is 2. The van der Waals surface area contributed by atoms with Gasteiger partial charge in [-0.2, -0.15) is 0 Å². The van der Waals surface area contributed by atoms with Crippen LogP contribution in [0.25, 0.3) is 5.76 Å². The number of morpholine rings is 1. The number of ketones is 1. The summed E-state index contributed by atoms with van der Waals surface area (Å²) in [5, 5.41) is 11.4. The van der Waals surface area contributed by atoms with E-state index in [4.69, 9.17) is 16.3 Å². The number of halogens is 2. The molecule has 1 amide bonds. The van der Waals surface area contributed by atoms with Crippen LogP contribution < -0.4 is 0 Å². The fourth-order valence-corrected chi connectivity index (χ4v) is 4.31. The van der Waals surface area contributed by atoms with Crippen molar-refractivity contribution in [3.05, 3.63) is 76.1 Å². The molecule has 168 valence electrons. The average Bonchev–Trinajstić information content (AvgIpc) is 3.05.